The van der Waals surface area contributed by atoms with Gasteiger partial charge in [0, 0.05) is 19.6 Å². The number of hydrogen-bond acceptors (Lipinski definition) is 6. The van der Waals surface area contributed by atoms with Gasteiger partial charge in [-0.15, -0.1) is 11.3 Å². The molecule has 4 heterocycles. The molecule has 0 saturated carbocycles. The first-order chi connectivity index (χ1) is 17.2. The molecule has 2 aliphatic heterocycles. The summed E-state index contributed by atoms with van der Waals surface area (Å²) in [6, 6.07) is 10.7. The molecule has 3 aromatic rings. The van der Waals surface area contributed by atoms with Crippen molar-refractivity contribution in [3.63, 3.8) is 0 Å². The molecular weight excluding hydrogens is 500 g/mol. The van der Waals surface area contributed by atoms with Crippen molar-refractivity contribution in [3.05, 3.63) is 67.4 Å². The predicted molar refractivity (Wildman–Crippen MR) is 141 cm³/mol. The molecule has 0 aliphatic carbocycles. The standard InChI is InChI=1S/C26H31ClN4O4S/c1-26(2,10-12-29-13-15-35-16-14-29)17-3-5-18(6-4-17)31-24(33)22-19(9-11-30(22)25(31)34)28-23(32)20-7-8-21(27)36-20/h3-8,19,33H,9-16H2,1-2H3,(H,28,32)/t19-/m1/s1. The molecule has 0 bridgehead atoms. The van der Waals surface area contributed by atoms with Gasteiger partial charge in [0.1, 0.15) is 5.69 Å². The normalized spacial score (nSPS) is 18.4. The maximum Gasteiger partial charge on any atom is 0.335 e. The number of ether oxygens (including phenoxy) is 1. The van der Waals surface area contributed by atoms with Crippen molar-refractivity contribution in [3.8, 4) is 11.6 Å². The maximum atomic E-state index is 13.2. The van der Waals surface area contributed by atoms with Crippen LogP contribution in [0.15, 0.2) is 41.2 Å². The largest absolute Gasteiger partial charge is 0.493 e. The lowest BCUT2D eigenvalue weighted by atomic mass is 9.81. The highest BCUT2D eigenvalue weighted by Gasteiger charge is 2.33. The van der Waals surface area contributed by atoms with Crippen LogP contribution in [0.2, 0.25) is 4.34 Å². The van der Waals surface area contributed by atoms with Crippen LogP contribution in [0.1, 0.15) is 53.7 Å². The van der Waals surface area contributed by atoms with Gasteiger partial charge < -0.3 is 15.2 Å². The number of aromatic hydroxyl groups is 1. The molecule has 1 saturated heterocycles. The van der Waals surface area contributed by atoms with E-state index >= 15 is 0 Å². The monoisotopic (exact) mass is 530 g/mol. The summed E-state index contributed by atoms with van der Waals surface area (Å²) in [5.41, 5.74) is 1.87. The number of rotatable bonds is 7. The van der Waals surface area contributed by atoms with Crippen LogP contribution in [0.3, 0.4) is 0 Å². The fraction of sp³-hybridized carbons (Fsp3) is 0.462. The number of hydrogen-bond donors (Lipinski definition) is 2. The summed E-state index contributed by atoms with van der Waals surface area (Å²) in [5.74, 6) is -0.403. The number of thiophene rings is 1. The Morgan fingerprint density at radius 2 is 1.89 bits per heavy atom. The first-order valence-corrected chi connectivity index (χ1v) is 13.5. The van der Waals surface area contributed by atoms with Crippen LogP contribution < -0.4 is 11.0 Å². The van der Waals surface area contributed by atoms with Crippen LogP contribution in [0.25, 0.3) is 5.69 Å². The van der Waals surface area contributed by atoms with Crippen molar-refractivity contribution in [1.82, 2.24) is 19.4 Å². The molecule has 2 aliphatic rings. The van der Waals surface area contributed by atoms with E-state index in [4.69, 9.17) is 16.3 Å². The van der Waals surface area contributed by atoms with Gasteiger partial charge in [-0.1, -0.05) is 37.6 Å². The fourth-order valence-electron chi connectivity index (χ4n) is 5.01. The van der Waals surface area contributed by atoms with Crippen molar-refractivity contribution >= 4 is 28.8 Å². The Morgan fingerprint density at radius 1 is 1.17 bits per heavy atom. The molecule has 1 fully saturated rings. The van der Waals surface area contributed by atoms with Crippen LogP contribution in [-0.2, 0) is 16.7 Å². The number of morpholine rings is 1. The Hall–Kier alpha value is -2.59. The number of nitrogens with zero attached hydrogens (tertiary/aromatic N) is 3. The van der Waals surface area contributed by atoms with Gasteiger partial charge in [0.25, 0.3) is 5.91 Å². The van der Waals surface area contributed by atoms with Crippen LogP contribution >= 0.6 is 22.9 Å². The van der Waals surface area contributed by atoms with Gasteiger partial charge in [0.15, 0.2) is 0 Å². The van der Waals surface area contributed by atoms with E-state index in [2.05, 4.69) is 24.1 Å². The minimum Gasteiger partial charge on any atom is -0.493 e. The molecule has 192 valence electrons. The lowest BCUT2D eigenvalue weighted by Gasteiger charge is -2.32. The fourth-order valence-corrected chi connectivity index (χ4v) is 5.96. The summed E-state index contributed by atoms with van der Waals surface area (Å²) in [4.78, 5) is 28.7. The number of fused-ring (bicyclic) bond motifs is 1. The van der Waals surface area contributed by atoms with E-state index in [1.807, 2.05) is 24.3 Å². The van der Waals surface area contributed by atoms with Gasteiger partial charge in [-0.2, -0.15) is 0 Å². The number of halogens is 1. The molecule has 2 N–H and O–H groups in total. The van der Waals surface area contributed by atoms with Crippen LogP contribution in [-0.4, -0.2) is 57.9 Å². The van der Waals surface area contributed by atoms with E-state index in [9.17, 15) is 14.7 Å². The van der Waals surface area contributed by atoms with Gasteiger partial charge in [-0.05, 0) is 54.6 Å². The molecule has 0 spiro atoms. The first kappa shape index (κ1) is 25.1. The Bertz CT molecular complexity index is 1300. The highest BCUT2D eigenvalue weighted by atomic mass is 35.5. The van der Waals surface area contributed by atoms with E-state index in [0.717, 1.165) is 39.3 Å². The molecule has 1 aromatic carbocycles. The second-order valence-corrected chi connectivity index (χ2v) is 11.7. The number of amides is 1. The second-order valence-electron chi connectivity index (χ2n) is 10.0. The van der Waals surface area contributed by atoms with Crippen molar-refractivity contribution in [2.24, 2.45) is 0 Å². The summed E-state index contributed by atoms with van der Waals surface area (Å²) in [6.45, 7) is 9.43. The van der Waals surface area contributed by atoms with Crippen molar-refractivity contribution in [2.45, 2.75) is 44.7 Å². The average molecular weight is 531 g/mol. The Labute approximate surface area is 219 Å². The summed E-state index contributed by atoms with van der Waals surface area (Å²) in [7, 11) is 0. The molecule has 0 unspecified atom stereocenters. The zero-order chi connectivity index (χ0) is 25.4. The van der Waals surface area contributed by atoms with Gasteiger partial charge in [-0.3, -0.25) is 14.3 Å². The molecule has 2 aromatic heterocycles. The van der Waals surface area contributed by atoms with Gasteiger partial charge >= 0.3 is 5.69 Å². The highest BCUT2D eigenvalue weighted by molar-refractivity contribution is 7.18. The number of benzene rings is 1. The first-order valence-electron chi connectivity index (χ1n) is 12.3. The molecule has 5 rings (SSSR count). The quantitative estimate of drug-likeness (QED) is 0.483. The molecule has 0 radical (unpaired) electrons. The third-order valence-electron chi connectivity index (χ3n) is 7.29. The Morgan fingerprint density at radius 3 is 2.56 bits per heavy atom. The molecule has 1 atom stereocenters. The average Bonchev–Trinajstić information content (AvgIpc) is 3.56. The van der Waals surface area contributed by atoms with E-state index in [1.54, 1.807) is 16.7 Å². The summed E-state index contributed by atoms with van der Waals surface area (Å²) in [6.07, 6.45) is 1.55. The number of imidazole rings is 1. The number of carbonyl (C=O) groups excluding carboxylic acids is 1. The summed E-state index contributed by atoms with van der Waals surface area (Å²) < 4.78 is 8.84. The zero-order valence-electron chi connectivity index (χ0n) is 20.5. The van der Waals surface area contributed by atoms with Crippen molar-refractivity contribution in [1.29, 1.82) is 0 Å². The smallest absolute Gasteiger partial charge is 0.335 e. The highest BCUT2D eigenvalue weighted by Crippen LogP contribution is 2.35. The summed E-state index contributed by atoms with van der Waals surface area (Å²) >= 11 is 7.15. The van der Waals surface area contributed by atoms with Gasteiger partial charge in [-0.25, -0.2) is 9.36 Å². The van der Waals surface area contributed by atoms with E-state index < -0.39 is 6.04 Å². The molecular formula is C26H31ClN4O4S. The topological polar surface area (TPSA) is 88.7 Å². The minimum atomic E-state index is -0.453. The van der Waals surface area contributed by atoms with Gasteiger partial charge in [0.2, 0.25) is 5.88 Å². The number of nitrogens with one attached hydrogen (secondary N) is 1. The number of carbonyl (C=O) groups is 1. The third-order valence-corrected chi connectivity index (χ3v) is 8.52. The third kappa shape index (κ3) is 4.85. The second kappa shape index (κ2) is 10.0. The maximum absolute atomic E-state index is 13.2. The molecule has 8 nitrogen and oxygen atoms in total. The lowest BCUT2D eigenvalue weighted by molar-refractivity contribution is 0.0350. The number of aromatic nitrogens is 2. The van der Waals surface area contributed by atoms with E-state index in [1.165, 1.54) is 21.5 Å². The van der Waals surface area contributed by atoms with Crippen LogP contribution in [0.5, 0.6) is 5.88 Å². The van der Waals surface area contributed by atoms with Crippen molar-refractivity contribution < 1.29 is 14.6 Å². The van der Waals surface area contributed by atoms with E-state index in [0.29, 0.717) is 33.6 Å². The van der Waals surface area contributed by atoms with Crippen LogP contribution in [0, 0.1) is 0 Å². The Balaban J connectivity index is 1.33. The van der Waals surface area contributed by atoms with Crippen LogP contribution in [0.4, 0.5) is 0 Å². The lowest BCUT2D eigenvalue weighted by Crippen LogP contribution is -2.38. The minimum absolute atomic E-state index is 0.0353. The van der Waals surface area contributed by atoms with E-state index in [-0.39, 0.29) is 22.9 Å². The molecule has 1 amide bonds. The SMILES string of the molecule is CC(C)(CCN1CCOCC1)c1ccc(-n2c(O)c3n(c2=O)CC[C@H]3NC(=O)c2ccc(Cl)s2)cc1. The molecule has 10 heteroatoms. The Kier molecular flexibility index (Phi) is 7.00. The summed E-state index contributed by atoms with van der Waals surface area (Å²) in [5, 5.41) is 14.0. The van der Waals surface area contributed by atoms with Gasteiger partial charge in [0.05, 0.1) is 34.2 Å². The van der Waals surface area contributed by atoms with Crippen molar-refractivity contribution in [2.75, 3.05) is 32.8 Å². The zero-order valence-corrected chi connectivity index (χ0v) is 22.1. The predicted octanol–water partition coefficient (Wildman–Crippen LogP) is 3.93. The molecule has 36 heavy (non-hydrogen) atoms.